The zero-order valence-electron chi connectivity index (χ0n) is 9.36. The smallest absolute Gasteiger partial charge is 0.330 e. The maximum absolute atomic E-state index is 10.8. The van der Waals surface area contributed by atoms with Crippen LogP contribution in [0.4, 0.5) is 0 Å². The number of nitrogens with zero attached hydrogens (tertiary/aromatic N) is 1. The summed E-state index contributed by atoms with van der Waals surface area (Å²) in [6.07, 6.45) is -0.0634. The molecule has 0 bridgehead atoms. The van der Waals surface area contributed by atoms with Gasteiger partial charge in [0.25, 0.3) is 0 Å². The molecule has 0 aromatic heterocycles. The zero-order valence-corrected chi connectivity index (χ0v) is 9.36. The van der Waals surface area contributed by atoms with Crippen LogP contribution in [0.3, 0.4) is 0 Å². The normalized spacial score (nSPS) is 15.8. The molecule has 0 fully saturated rings. The highest BCUT2D eigenvalue weighted by Gasteiger charge is 2.23. The Hall–Kier alpha value is -0.870. The average Bonchev–Trinajstić information content (AvgIpc) is 2.00. The molecule has 0 spiro atoms. The zero-order chi connectivity index (χ0) is 11.4. The molecule has 0 saturated carbocycles. The lowest BCUT2D eigenvalue weighted by Gasteiger charge is -2.29. The van der Waals surface area contributed by atoms with Gasteiger partial charge in [-0.3, -0.25) is 0 Å². The molecule has 82 valence electrons. The van der Waals surface area contributed by atoms with E-state index in [9.17, 15) is 9.90 Å². The second-order valence-corrected chi connectivity index (χ2v) is 4.39. The molecule has 0 amide bonds. The van der Waals surface area contributed by atoms with Crippen molar-refractivity contribution in [1.82, 2.24) is 0 Å². The fraction of sp³-hybridized carbons (Fsp3) is 0.700. The monoisotopic (exact) mass is 202 g/mol. The molecule has 0 saturated heterocycles. The van der Waals surface area contributed by atoms with Crippen LogP contribution in [0.15, 0.2) is 12.7 Å². The van der Waals surface area contributed by atoms with E-state index in [0.717, 1.165) is 6.08 Å². The SMILES string of the molecule is C=CC(=O)OC(C)C(O)C[N+](C)(C)C. The van der Waals surface area contributed by atoms with Crippen molar-refractivity contribution in [3.63, 3.8) is 0 Å². The number of esters is 1. The summed E-state index contributed by atoms with van der Waals surface area (Å²) < 4.78 is 5.51. The number of likely N-dealkylation sites (N-methyl/N-ethyl adjacent to an activating group) is 1. The van der Waals surface area contributed by atoms with E-state index in [1.54, 1.807) is 6.92 Å². The number of hydrogen-bond donors (Lipinski definition) is 1. The molecule has 2 unspecified atom stereocenters. The Balaban J connectivity index is 4.05. The van der Waals surface area contributed by atoms with Crippen LogP contribution >= 0.6 is 0 Å². The molecule has 14 heavy (non-hydrogen) atoms. The molecule has 0 aromatic rings. The summed E-state index contributed by atoms with van der Waals surface area (Å²) in [4.78, 5) is 10.8. The van der Waals surface area contributed by atoms with Gasteiger partial charge in [-0.15, -0.1) is 0 Å². The second-order valence-electron chi connectivity index (χ2n) is 4.39. The van der Waals surface area contributed by atoms with E-state index in [-0.39, 0.29) is 0 Å². The van der Waals surface area contributed by atoms with Gasteiger partial charge < -0.3 is 14.3 Å². The fourth-order valence-corrected chi connectivity index (χ4v) is 1.02. The molecular formula is C10H20NO3+. The topological polar surface area (TPSA) is 46.5 Å². The highest BCUT2D eigenvalue weighted by atomic mass is 16.6. The van der Waals surface area contributed by atoms with Gasteiger partial charge in [-0.2, -0.15) is 0 Å². The van der Waals surface area contributed by atoms with Gasteiger partial charge in [0.15, 0.2) is 0 Å². The number of carbonyl (C=O) groups is 1. The quantitative estimate of drug-likeness (QED) is 0.393. The molecular weight excluding hydrogens is 182 g/mol. The minimum absolute atomic E-state index is 0.502. The van der Waals surface area contributed by atoms with Gasteiger partial charge in [0.05, 0.1) is 21.1 Å². The molecule has 0 aliphatic carbocycles. The Labute approximate surface area is 85.4 Å². The summed E-state index contributed by atoms with van der Waals surface area (Å²) >= 11 is 0. The lowest BCUT2D eigenvalue weighted by Crippen LogP contribution is -2.46. The lowest BCUT2D eigenvalue weighted by atomic mass is 10.2. The van der Waals surface area contributed by atoms with Crippen LogP contribution in [0, 0.1) is 0 Å². The molecule has 2 atom stereocenters. The van der Waals surface area contributed by atoms with Crippen LogP contribution in [0.1, 0.15) is 6.92 Å². The summed E-state index contributed by atoms with van der Waals surface area (Å²) in [7, 11) is 5.89. The van der Waals surface area contributed by atoms with Crippen LogP contribution in [-0.4, -0.2) is 55.5 Å². The standard InChI is InChI=1S/C10H20NO3/c1-6-10(13)14-8(2)9(12)7-11(3,4)5/h6,8-9,12H,1,7H2,2-5H3/q+1. The number of carbonyl (C=O) groups excluding carboxylic acids is 1. The summed E-state index contributed by atoms with van der Waals surface area (Å²) in [5, 5.41) is 9.67. The van der Waals surface area contributed by atoms with Crippen molar-refractivity contribution in [3.05, 3.63) is 12.7 Å². The van der Waals surface area contributed by atoms with Crippen LogP contribution in [0.25, 0.3) is 0 Å². The number of rotatable bonds is 5. The van der Waals surface area contributed by atoms with Gasteiger partial charge in [-0.25, -0.2) is 4.79 Å². The van der Waals surface area contributed by atoms with Crippen molar-refractivity contribution >= 4 is 5.97 Å². The Bertz CT molecular complexity index is 208. The van der Waals surface area contributed by atoms with E-state index >= 15 is 0 Å². The Morgan fingerprint density at radius 1 is 1.57 bits per heavy atom. The van der Waals surface area contributed by atoms with Crippen LogP contribution in [-0.2, 0) is 9.53 Å². The van der Waals surface area contributed by atoms with Gasteiger partial charge in [0.1, 0.15) is 18.8 Å². The summed E-state index contributed by atoms with van der Waals surface area (Å²) in [6.45, 7) is 5.49. The third kappa shape index (κ3) is 5.72. The molecule has 1 N–H and O–H groups in total. The summed E-state index contributed by atoms with van der Waals surface area (Å²) in [6, 6.07) is 0. The van der Waals surface area contributed by atoms with Crippen molar-refractivity contribution in [2.24, 2.45) is 0 Å². The average molecular weight is 202 g/mol. The van der Waals surface area contributed by atoms with Crippen molar-refractivity contribution in [1.29, 1.82) is 0 Å². The number of ether oxygens (including phenoxy) is 1. The van der Waals surface area contributed by atoms with Gasteiger partial charge in [0, 0.05) is 6.08 Å². The van der Waals surface area contributed by atoms with Gasteiger partial charge in [0.2, 0.25) is 0 Å². The minimum Gasteiger partial charge on any atom is -0.457 e. The maximum atomic E-state index is 10.8. The van der Waals surface area contributed by atoms with E-state index in [1.807, 2.05) is 21.1 Å². The first-order chi connectivity index (χ1) is 6.26. The molecule has 0 aliphatic rings. The predicted molar refractivity (Wildman–Crippen MR) is 54.7 cm³/mol. The van der Waals surface area contributed by atoms with E-state index < -0.39 is 18.2 Å². The van der Waals surface area contributed by atoms with Crippen molar-refractivity contribution in [2.45, 2.75) is 19.1 Å². The number of hydrogen-bond acceptors (Lipinski definition) is 3. The van der Waals surface area contributed by atoms with Crippen molar-refractivity contribution in [3.8, 4) is 0 Å². The van der Waals surface area contributed by atoms with Crippen molar-refractivity contribution < 1.29 is 19.1 Å². The van der Waals surface area contributed by atoms with E-state index in [4.69, 9.17) is 4.74 Å². The molecule has 0 radical (unpaired) electrons. The highest BCUT2D eigenvalue weighted by Crippen LogP contribution is 2.04. The maximum Gasteiger partial charge on any atom is 0.330 e. The van der Waals surface area contributed by atoms with Crippen LogP contribution < -0.4 is 0 Å². The van der Waals surface area contributed by atoms with Crippen LogP contribution in [0.5, 0.6) is 0 Å². The van der Waals surface area contributed by atoms with E-state index in [1.165, 1.54) is 0 Å². The second kappa shape index (κ2) is 5.12. The highest BCUT2D eigenvalue weighted by molar-refractivity contribution is 5.81. The minimum atomic E-state index is -0.654. The molecule has 4 heteroatoms. The van der Waals surface area contributed by atoms with Gasteiger partial charge in [-0.05, 0) is 6.92 Å². The number of aliphatic hydroxyl groups excluding tert-OH is 1. The number of aliphatic hydroxyl groups is 1. The van der Waals surface area contributed by atoms with Gasteiger partial charge >= 0.3 is 5.97 Å². The Kier molecular flexibility index (Phi) is 4.80. The third-order valence-electron chi connectivity index (χ3n) is 1.75. The molecule has 0 aliphatic heterocycles. The fourth-order valence-electron chi connectivity index (χ4n) is 1.02. The van der Waals surface area contributed by atoms with E-state index in [2.05, 4.69) is 6.58 Å². The molecule has 0 aromatic carbocycles. The Morgan fingerprint density at radius 3 is 2.43 bits per heavy atom. The predicted octanol–water partition coefficient (Wildman–Crippen LogP) is 0.171. The first-order valence-corrected chi connectivity index (χ1v) is 4.58. The summed E-state index contributed by atoms with van der Waals surface area (Å²) in [5.41, 5.74) is 0. The Morgan fingerprint density at radius 2 is 2.07 bits per heavy atom. The van der Waals surface area contributed by atoms with Crippen LogP contribution in [0.2, 0.25) is 0 Å². The first kappa shape index (κ1) is 13.1. The lowest BCUT2D eigenvalue weighted by molar-refractivity contribution is -0.874. The number of quaternary nitrogens is 1. The molecule has 4 nitrogen and oxygen atoms in total. The summed E-state index contributed by atoms with van der Waals surface area (Å²) in [5.74, 6) is -0.502. The van der Waals surface area contributed by atoms with Gasteiger partial charge in [-0.1, -0.05) is 6.58 Å². The largest absolute Gasteiger partial charge is 0.457 e. The molecule has 0 heterocycles. The first-order valence-electron chi connectivity index (χ1n) is 4.58. The third-order valence-corrected chi connectivity index (χ3v) is 1.75. The van der Waals surface area contributed by atoms with E-state index in [0.29, 0.717) is 11.0 Å². The van der Waals surface area contributed by atoms with Crippen molar-refractivity contribution in [2.75, 3.05) is 27.7 Å². The molecule has 0 rings (SSSR count).